The number of hydrogen-bond acceptors (Lipinski definition) is 3. The topological polar surface area (TPSA) is 47.9 Å². The largest absolute Gasteiger partial charge is 0.454 e. The first-order valence-corrected chi connectivity index (χ1v) is 6.44. The van der Waals surface area contributed by atoms with E-state index in [0.29, 0.717) is 11.5 Å². The number of ether oxygens (including phenoxy) is 2. The van der Waals surface area contributed by atoms with Crippen LogP contribution in [0.1, 0.15) is 26.3 Å². The Morgan fingerprint density at radius 2 is 2.12 bits per heavy atom. The molecule has 0 N–H and O–H groups in total. The summed E-state index contributed by atoms with van der Waals surface area (Å²) in [5.74, 6) is 1.37. The van der Waals surface area contributed by atoms with E-state index in [0.717, 1.165) is 5.56 Å². The number of fused-ring (bicyclic) bond motifs is 1. The van der Waals surface area contributed by atoms with E-state index < -0.39 is 11.0 Å². The van der Waals surface area contributed by atoms with Crippen molar-refractivity contribution in [2.45, 2.75) is 25.5 Å². The van der Waals surface area contributed by atoms with Crippen LogP contribution in [0.4, 0.5) is 0 Å². The average molecular weight is 253 g/mol. The van der Waals surface area contributed by atoms with Crippen molar-refractivity contribution in [2.75, 3.05) is 6.79 Å². The number of hydrogen-bond donors (Lipinski definition) is 0. The molecule has 2 rings (SSSR count). The van der Waals surface area contributed by atoms with E-state index in [2.05, 4.69) is 4.40 Å². The van der Waals surface area contributed by atoms with Crippen LogP contribution in [-0.2, 0) is 11.0 Å². The third-order valence-corrected chi connectivity index (χ3v) is 3.58. The van der Waals surface area contributed by atoms with Crippen LogP contribution in [0.2, 0.25) is 0 Å². The highest BCUT2D eigenvalue weighted by atomic mass is 32.2. The van der Waals surface area contributed by atoms with E-state index in [9.17, 15) is 4.21 Å². The van der Waals surface area contributed by atoms with E-state index in [-0.39, 0.29) is 11.5 Å². The monoisotopic (exact) mass is 253 g/mol. The fourth-order valence-electron chi connectivity index (χ4n) is 1.32. The van der Waals surface area contributed by atoms with Gasteiger partial charge in [0.15, 0.2) is 11.5 Å². The fourth-order valence-corrected chi connectivity index (χ4v) is 1.84. The molecule has 0 aliphatic carbocycles. The van der Waals surface area contributed by atoms with Gasteiger partial charge in [-0.1, -0.05) is 6.07 Å². The summed E-state index contributed by atoms with van der Waals surface area (Å²) >= 11 is 0. The zero-order chi connectivity index (χ0) is 12.5. The van der Waals surface area contributed by atoms with Crippen molar-refractivity contribution in [3.05, 3.63) is 23.8 Å². The van der Waals surface area contributed by atoms with Crippen LogP contribution in [0.25, 0.3) is 0 Å². The summed E-state index contributed by atoms with van der Waals surface area (Å²) in [6, 6.07) is 5.55. The van der Waals surface area contributed by atoms with Crippen LogP contribution in [0.5, 0.6) is 11.5 Å². The molecule has 0 saturated heterocycles. The molecule has 1 unspecified atom stereocenters. The lowest BCUT2D eigenvalue weighted by Crippen LogP contribution is -2.19. The van der Waals surface area contributed by atoms with Gasteiger partial charge in [-0.05, 0) is 32.9 Å². The Labute approximate surface area is 103 Å². The quantitative estimate of drug-likeness (QED) is 0.760. The van der Waals surface area contributed by atoms with Crippen LogP contribution in [0.3, 0.4) is 0 Å². The summed E-state index contributed by atoms with van der Waals surface area (Å²) in [6.45, 7) is 5.88. The number of rotatable bonds is 2. The highest BCUT2D eigenvalue weighted by Gasteiger charge is 2.19. The van der Waals surface area contributed by atoms with Gasteiger partial charge in [-0.25, -0.2) is 4.21 Å². The minimum atomic E-state index is -1.26. The standard InChI is InChI=1S/C12H15NO3S/c1-12(2,3)17(14)13-7-9-5-4-6-10-11(9)16-8-15-10/h4-7H,8H2,1-3H3/b13-7+. The molecule has 1 heterocycles. The molecule has 1 aliphatic heterocycles. The predicted octanol–water partition coefficient (Wildman–Crippen LogP) is 2.30. The lowest BCUT2D eigenvalue weighted by Gasteiger charge is -2.12. The molecule has 0 radical (unpaired) electrons. The summed E-state index contributed by atoms with van der Waals surface area (Å²) < 4.78 is 26.1. The molecule has 0 fully saturated rings. The summed E-state index contributed by atoms with van der Waals surface area (Å²) in [7, 11) is -1.26. The van der Waals surface area contributed by atoms with Crippen molar-refractivity contribution in [3.8, 4) is 11.5 Å². The van der Waals surface area contributed by atoms with Gasteiger partial charge in [0.05, 0.1) is 4.75 Å². The van der Waals surface area contributed by atoms with Crippen molar-refractivity contribution >= 4 is 17.2 Å². The summed E-state index contributed by atoms with van der Waals surface area (Å²) in [4.78, 5) is 0. The molecule has 17 heavy (non-hydrogen) atoms. The fraction of sp³-hybridized carbons (Fsp3) is 0.417. The molecule has 5 heteroatoms. The van der Waals surface area contributed by atoms with Gasteiger partial charge in [0.25, 0.3) is 0 Å². The normalized spacial score (nSPS) is 16.4. The summed E-state index contributed by atoms with van der Waals surface area (Å²) in [6.07, 6.45) is 1.58. The number of nitrogens with zero attached hydrogens (tertiary/aromatic N) is 1. The number of para-hydroxylation sites is 1. The highest BCUT2D eigenvalue weighted by Crippen LogP contribution is 2.34. The zero-order valence-corrected chi connectivity index (χ0v) is 10.9. The Bertz CT molecular complexity index is 477. The molecule has 92 valence electrons. The van der Waals surface area contributed by atoms with Gasteiger partial charge < -0.3 is 9.47 Å². The van der Waals surface area contributed by atoms with E-state index >= 15 is 0 Å². The van der Waals surface area contributed by atoms with Crippen molar-refractivity contribution in [3.63, 3.8) is 0 Å². The van der Waals surface area contributed by atoms with Crippen LogP contribution < -0.4 is 9.47 Å². The van der Waals surface area contributed by atoms with Gasteiger partial charge in [0.1, 0.15) is 11.0 Å². The third kappa shape index (κ3) is 2.66. The number of benzene rings is 1. The van der Waals surface area contributed by atoms with Crippen molar-refractivity contribution in [2.24, 2.45) is 4.40 Å². The van der Waals surface area contributed by atoms with E-state index in [1.807, 2.05) is 39.0 Å². The van der Waals surface area contributed by atoms with Gasteiger partial charge in [0.2, 0.25) is 6.79 Å². The molecule has 1 aromatic carbocycles. The first kappa shape index (κ1) is 12.1. The van der Waals surface area contributed by atoms with Crippen molar-refractivity contribution < 1.29 is 13.7 Å². The second kappa shape index (κ2) is 4.49. The lowest BCUT2D eigenvalue weighted by atomic mass is 10.2. The maximum absolute atomic E-state index is 11.8. The summed E-state index contributed by atoms with van der Waals surface area (Å²) in [5, 5.41) is 0. The first-order valence-electron chi connectivity index (χ1n) is 5.33. The molecule has 4 nitrogen and oxygen atoms in total. The first-order chi connectivity index (χ1) is 7.98. The molecule has 1 atom stereocenters. The van der Waals surface area contributed by atoms with Crippen LogP contribution >= 0.6 is 0 Å². The average Bonchev–Trinajstić information content (AvgIpc) is 2.72. The Hall–Kier alpha value is -1.36. The van der Waals surface area contributed by atoms with Crippen LogP contribution in [-0.4, -0.2) is 22.0 Å². The molecule has 1 aromatic rings. The second-order valence-corrected chi connectivity index (χ2v) is 6.61. The van der Waals surface area contributed by atoms with Crippen LogP contribution in [0.15, 0.2) is 22.6 Å². The lowest BCUT2D eigenvalue weighted by molar-refractivity contribution is 0.174. The zero-order valence-electron chi connectivity index (χ0n) is 10.1. The smallest absolute Gasteiger partial charge is 0.231 e. The van der Waals surface area contributed by atoms with Gasteiger partial charge in [-0.15, -0.1) is 0 Å². The Morgan fingerprint density at radius 3 is 2.82 bits per heavy atom. The molecular weight excluding hydrogens is 238 g/mol. The highest BCUT2D eigenvalue weighted by molar-refractivity contribution is 7.85. The van der Waals surface area contributed by atoms with Gasteiger partial charge in [0, 0.05) is 11.8 Å². The van der Waals surface area contributed by atoms with E-state index in [1.54, 1.807) is 6.21 Å². The van der Waals surface area contributed by atoms with E-state index in [4.69, 9.17) is 9.47 Å². The van der Waals surface area contributed by atoms with Gasteiger partial charge in [-0.2, -0.15) is 4.40 Å². The summed E-state index contributed by atoms with van der Waals surface area (Å²) in [5.41, 5.74) is 0.789. The second-order valence-electron chi connectivity index (χ2n) is 4.68. The minimum absolute atomic E-state index is 0.225. The van der Waals surface area contributed by atoms with Crippen LogP contribution in [0, 0.1) is 0 Å². The van der Waals surface area contributed by atoms with E-state index in [1.165, 1.54) is 0 Å². The maximum Gasteiger partial charge on any atom is 0.231 e. The molecule has 0 aromatic heterocycles. The van der Waals surface area contributed by atoms with Gasteiger partial charge in [-0.3, -0.25) is 0 Å². The van der Waals surface area contributed by atoms with Crippen molar-refractivity contribution in [1.29, 1.82) is 0 Å². The molecular formula is C12H15NO3S. The Balaban J connectivity index is 2.23. The molecule has 0 amide bonds. The third-order valence-electron chi connectivity index (χ3n) is 2.24. The SMILES string of the molecule is CC(C)(C)S(=O)/N=C/c1cccc2c1OCO2. The molecule has 0 saturated carbocycles. The molecule has 0 spiro atoms. The van der Waals surface area contributed by atoms with Gasteiger partial charge >= 0.3 is 0 Å². The predicted molar refractivity (Wildman–Crippen MR) is 68.1 cm³/mol. The Morgan fingerprint density at radius 1 is 1.35 bits per heavy atom. The molecule has 0 bridgehead atoms. The van der Waals surface area contributed by atoms with Crippen molar-refractivity contribution in [1.82, 2.24) is 0 Å². The minimum Gasteiger partial charge on any atom is -0.454 e. The molecule has 1 aliphatic rings. The Kier molecular flexibility index (Phi) is 3.19. The maximum atomic E-state index is 11.8.